The number of nitrogens with one attached hydrogen (secondary N) is 1. The number of likely N-dealkylation sites (N-methyl/N-ethyl adjacent to an activating group) is 1. The first kappa shape index (κ1) is 23.6. The second-order valence-corrected chi connectivity index (χ2v) is 10.6. The SMILES string of the molecule is CN1C(=O)[C@@H]2CCCCN2c2ccc(C(=O)NCCCN3CCN(C4CCCCC4)CC3)cc21. The van der Waals surface area contributed by atoms with Crippen LogP contribution >= 0.6 is 0 Å². The summed E-state index contributed by atoms with van der Waals surface area (Å²) >= 11 is 0. The maximum atomic E-state index is 12.9. The van der Waals surface area contributed by atoms with Crippen molar-refractivity contribution in [3.63, 3.8) is 0 Å². The molecule has 0 spiro atoms. The van der Waals surface area contributed by atoms with Gasteiger partial charge >= 0.3 is 0 Å². The Balaban J connectivity index is 1.08. The first-order valence-electron chi connectivity index (χ1n) is 13.5. The lowest BCUT2D eigenvalue weighted by atomic mass is 9.94. The third-order valence-corrected chi connectivity index (χ3v) is 8.46. The zero-order valence-corrected chi connectivity index (χ0v) is 20.8. The number of carbonyl (C=O) groups excluding carboxylic acids is 2. The van der Waals surface area contributed by atoms with Crippen LogP contribution in [0.4, 0.5) is 11.4 Å². The van der Waals surface area contributed by atoms with Gasteiger partial charge in [0.2, 0.25) is 5.91 Å². The summed E-state index contributed by atoms with van der Waals surface area (Å²) in [6, 6.07) is 6.60. The summed E-state index contributed by atoms with van der Waals surface area (Å²) in [5, 5.41) is 3.10. The predicted octanol–water partition coefficient (Wildman–Crippen LogP) is 3.09. The van der Waals surface area contributed by atoms with Gasteiger partial charge < -0.3 is 20.0 Å². The second-order valence-electron chi connectivity index (χ2n) is 10.6. The zero-order chi connectivity index (χ0) is 23.5. The molecule has 2 saturated heterocycles. The minimum Gasteiger partial charge on any atom is -0.358 e. The van der Waals surface area contributed by atoms with Crippen LogP contribution in [-0.2, 0) is 4.79 Å². The lowest BCUT2D eigenvalue weighted by molar-refractivity contribution is -0.120. The molecule has 2 amide bonds. The Labute approximate surface area is 204 Å². The van der Waals surface area contributed by atoms with Gasteiger partial charge in [-0.15, -0.1) is 0 Å². The summed E-state index contributed by atoms with van der Waals surface area (Å²) in [6.45, 7) is 7.31. The summed E-state index contributed by atoms with van der Waals surface area (Å²) in [5.41, 5.74) is 2.57. The number of hydrogen-bond donors (Lipinski definition) is 1. The number of rotatable bonds is 6. The van der Waals surface area contributed by atoms with Crippen molar-refractivity contribution in [2.75, 3.05) is 62.7 Å². The average Bonchev–Trinajstić information content (AvgIpc) is 2.90. The summed E-state index contributed by atoms with van der Waals surface area (Å²) in [6.07, 6.45) is 11.1. The van der Waals surface area contributed by atoms with Crippen molar-refractivity contribution in [2.24, 2.45) is 0 Å². The van der Waals surface area contributed by atoms with E-state index in [-0.39, 0.29) is 17.9 Å². The highest BCUT2D eigenvalue weighted by Gasteiger charge is 2.38. The minimum absolute atomic E-state index is 0.0459. The Morgan fingerprint density at radius 2 is 1.71 bits per heavy atom. The van der Waals surface area contributed by atoms with Gasteiger partial charge in [0, 0.05) is 57.9 Å². The van der Waals surface area contributed by atoms with E-state index < -0.39 is 0 Å². The standard InChI is InChI=1S/C27H41N5O2/c1-29-25-20-21(11-12-23(25)32-15-6-5-10-24(32)27(29)34)26(33)28-13-7-14-30-16-18-31(19-17-30)22-8-3-2-4-9-22/h11-12,20,22,24H,2-10,13-19H2,1H3,(H,28,33)/t24-/m0/s1. The lowest BCUT2D eigenvalue weighted by Crippen LogP contribution is -2.54. The summed E-state index contributed by atoms with van der Waals surface area (Å²) in [7, 11) is 1.84. The average molecular weight is 468 g/mol. The van der Waals surface area contributed by atoms with Crippen molar-refractivity contribution in [3.8, 4) is 0 Å². The molecule has 1 aromatic carbocycles. The molecule has 0 bridgehead atoms. The number of anilines is 2. The third-order valence-electron chi connectivity index (χ3n) is 8.46. The lowest BCUT2D eigenvalue weighted by Gasteiger charge is -2.44. The predicted molar refractivity (Wildman–Crippen MR) is 137 cm³/mol. The molecule has 4 aliphatic rings. The molecule has 3 fully saturated rings. The molecule has 34 heavy (non-hydrogen) atoms. The minimum atomic E-state index is -0.0495. The highest BCUT2D eigenvalue weighted by Crippen LogP contribution is 2.39. The van der Waals surface area contributed by atoms with Crippen LogP contribution in [0.2, 0.25) is 0 Å². The number of nitrogens with zero attached hydrogens (tertiary/aromatic N) is 4. The van der Waals surface area contributed by atoms with Crippen molar-refractivity contribution >= 4 is 23.2 Å². The number of hydrogen-bond acceptors (Lipinski definition) is 5. The fourth-order valence-electron chi connectivity index (χ4n) is 6.40. The molecule has 0 radical (unpaired) electrons. The first-order valence-corrected chi connectivity index (χ1v) is 13.5. The van der Waals surface area contributed by atoms with Gasteiger partial charge in [-0.3, -0.25) is 14.5 Å². The normalized spacial score (nSPS) is 24.6. The highest BCUT2D eigenvalue weighted by atomic mass is 16.2. The van der Waals surface area contributed by atoms with Crippen LogP contribution in [0.5, 0.6) is 0 Å². The van der Waals surface area contributed by atoms with E-state index in [1.165, 1.54) is 45.2 Å². The molecule has 5 rings (SSSR count). The molecule has 186 valence electrons. The van der Waals surface area contributed by atoms with Crippen LogP contribution in [0.15, 0.2) is 18.2 Å². The van der Waals surface area contributed by atoms with Gasteiger partial charge in [0.05, 0.1) is 11.4 Å². The number of amides is 2. The molecule has 1 aliphatic carbocycles. The molecule has 0 aromatic heterocycles. The number of fused-ring (bicyclic) bond motifs is 3. The van der Waals surface area contributed by atoms with E-state index in [1.807, 2.05) is 25.2 Å². The largest absolute Gasteiger partial charge is 0.358 e. The maximum Gasteiger partial charge on any atom is 0.251 e. The van der Waals surface area contributed by atoms with Crippen LogP contribution in [0.1, 0.15) is 68.1 Å². The van der Waals surface area contributed by atoms with E-state index in [0.717, 1.165) is 69.3 Å². The summed E-state index contributed by atoms with van der Waals surface area (Å²) in [4.78, 5) is 34.9. The maximum absolute atomic E-state index is 12.9. The number of piperidine rings is 1. The topological polar surface area (TPSA) is 59.1 Å². The fraction of sp³-hybridized carbons (Fsp3) is 0.704. The molecule has 1 atom stereocenters. The molecule has 7 nitrogen and oxygen atoms in total. The van der Waals surface area contributed by atoms with Crippen LogP contribution in [-0.4, -0.2) is 86.6 Å². The monoisotopic (exact) mass is 467 g/mol. The summed E-state index contributed by atoms with van der Waals surface area (Å²) < 4.78 is 0. The van der Waals surface area contributed by atoms with Gasteiger partial charge in [0.1, 0.15) is 6.04 Å². The van der Waals surface area contributed by atoms with Crippen molar-refractivity contribution < 1.29 is 9.59 Å². The number of carbonyl (C=O) groups is 2. The van der Waals surface area contributed by atoms with E-state index in [1.54, 1.807) is 4.90 Å². The van der Waals surface area contributed by atoms with E-state index in [0.29, 0.717) is 12.1 Å². The van der Waals surface area contributed by atoms with E-state index in [4.69, 9.17) is 0 Å². The Hall–Kier alpha value is -2.12. The molecule has 3 aliphatic heterocycles. The number of benzene rings is 1. The van der Waals surface area contributed by atoms with Gasteiger partial charge in [0.25, 0.3) is 5.91 Å². The zero-order valence-electron chi connectivity index (χ0n) is 20.8. The second kappa shape index (κ2) is 10.6. The van der Waals surface area contributed by atoms with E-state index in [2.05, 4.69) is 20.0 Å². The Morgan fingerprint density at radius 1 is 0.941 bits per heavy atom. The summed E-state index contributed by atoms with van der Waals surface area (Å²) in [5.74, 6) is 0.0971. The van der Waals surface area contributed by atoms with Gasteiger partial charge in [-0.1, -0.05) is 19.3 Å². The molecular weight excluding hydrogens is 426 g/mol. The highest BCUT2D eigenvalue weighted by molar-refractivity contribution is 6.07. The molecule has 3 heterocycles. The first-order chi connectivity index (χ1) is 16.6. The van der Waals surface area contributed by atoms with Crippen LogP contribution in [0.25, 0.3) is 0 Å². The van der Waals surface area contributed by atoms with Gasteiger partial charge in [-0.2, -0.15) is 0 Å². The van der Waals surface area contributed by atoms with Crippen molar-refractivity contribution in [3.05, 3.63) is 23.8 Å². The quantitative estimate of drug-likeness (QED) is 0.652. The molecular formula is C27H41N5O2. The van der Waals surface area contributed by atoms with Crippen molar-refractivity contribution in [1.82, 2.24) is 15.1 Å². The van der Waals surface area contributed by atoms with E-state index in [9.17, 15) is 9.59 Å². The van der Waals surface area contributed by atoms with Crippen molar-refractivity contribution in [1.29, 1.82) is 0 Å². The molecule has 1 saturated carbocycles. The molecule has 1 N–H and O–H groups in total. The molecule has 0 unspecified atom stereocenters. The Morgan fingerprint density at radius 3 is 2.50 bits per heavy atom. The van der Waals surface area contributed by atoms with E-state index >= 15 is 0 Å². The van der Waals surface area contributed by atoms with Crippen LogP contribution in [0.3, 0.4) is 0 Å². The third kappa shape index (κ3) is 4.96. The molecule has 7 heteroatoms. The Kier molecular flexibility index (Phi) is 7.40. The Bertz CT molecular complexity index is 876. The smallest absolute Gasteiger partial charge is 0.251 e. The van der Waals surface area contributed by atoms with Gasteiger partial charge in [-0.25, -0.2) is 0 Å². The van der Waals surface area contributed by atoms with Gasteiger partial charge in [-0.05, 0) is 63.3 Å². The number of piperazine rings is 1. The van der Waals surface area contributed by atoms with Crippen LogP contribution in [0, 0.1) is 0 Å². The molecule has 1 aromatic rings. The van der Waals surface area contributed by atoms with Gasteiger partial charge in [0.15, 0.2) is 0 Å². The fourth-order valence-corrected chi connectivity index (χ4v) is 6.40. The van der Waals surface area contributed by atoms with Crippen LogP contribution < -0.4 is 15.1 Å². The van der Waals surface area contributed by atoms with Crippen molar-refractivity contribution in [2.45, 2.75) is 69.9 Å².